The van der Waals surface area contributed by atoms with Crippen LogP contribution in [0, 0.1) is 11.3 Å². The van der Waals surface area contributed by atoms with Crippen molar-refractivity contribution < 1.29 is 14.3 Å². The molecule has 12 heteroatoms. The number of anilines is 3. The van der Waals surface area contributed by atoms with Crippen LogP contribution in [0.3, 0.4) is 0 Å². The summed E-state index contributed by atoms with van der Waals surface area (Å²) in [6, 6.07) is 7.40. The molecule has 0 radical (unpaired) electrons. The Morgan fingerprint density at radius 1 is 1.29 bits per heavy atom. The number of imidazole rings is 1. The van der Waals surface area contributed by atoms with Crippen molar-refractivity contribution in [2.75, 3.05) is 17.2 Å². The topological polar surface area (TPSA) is 145 Å². The van der Waals surface area contributed by atoms with E-state index in [1.54, 1.807) is 23.7 Å². The minimum Gasteiger partial charge on any atom is -0.454 e. The Labute approximate surface area is 199 Å². The molecule has 6 rings (SSSR count). The number of aromatic nitrogens is 6. The highest BCUT2D eigenvalue weighted by atomic mass is 16.5. The first-order chi connectivity index (χ1) is 17.0. The van der Waals surface area contributed by atoms with E-state index in [9.17, 15) is 10.1 Å². The molecule has 2 aliphatic rings. The first-order valence-corrected chi connectivity index (χ1v) is 11.1. The van der Waals surface area contributed by atoms with Crippen LogP contribution in [0.15, 0.2) is 30.6 Å². The number of carbonyl (C=O) groups excluding carboxylic acids is 1. The van der Waals surface area contributed by atoms with Gasteiger partial charge >= 0.3 is 0 Å². The SMILES string of the molecule is CC(=O)Nc1cc(Oc2cnc3nc(Nc4cc5n(n4)CCOC54CC4)n(C)c3c2C#N)ccn1. The van der Waals surface area contributed by atoms with Crippen LogP contribution >= 0.6 is 0 Å². The average molecular weight is 471 g/mol. The van der Waals surface area contributed by atoms with E-state index in [-0.39, 0.29) is 22.8 Å². The Hall–Kier alpha value is -4.50. The molecule has 1 spiro atoms. The molecule has 4 aromatic heterocycles. The summed E-state index contributed by atoms with van der Waals surface area (Å²) < 4.78 is 15.6. The molecule has 12 nitrogen and oxygen atoms in total. The number of nitrogens with zero attached hydrogens (tertiary/aromatic N) is 7. The van der Waals surface area contributed by atoms with E-state index >= 15 is 0 Å². The second-order valence-electron chi connectivity index (χ2n) is 8.54. The zero-order chi connectivity index (χ0) is 24.2. The zero-order valence-electron chi connectivity index (χ0n) is 19.1. The minimum absolute atomic E-state index is 0.188. The van der Waals surface area contributed by atoms with Crippen molar-refractivity contribution in [3.05, 3.63) is 41.9 Å². The highest BCUT2D eigenvalue weighted by molar-refractivity contribution is 5.88. The maximum absolute atomic E-state index is 11.3. The third-order valence-electron chi connectivity index (χ3n) is 6.11. The van der Waals surface area contributed by atoms with E-state index < -0.39 is 0 Å². The van der Waals surface area contributed by atoms with Crippen LogP contribution in [-0.4, -0.2) is 41.8 Å². The molecule has 1 fully saturated rings. The van der Waals surface area contributed by atoms with E-state index in [0.29, 0.717) is 47.6 Å². The fourth-order valence-electron chi connectivity index (χ4n) is 4.35. The van der Waals surface area contributed by atoms with Gasteiger partial charge in [-0.1, -0.05) is 0 Å². The summed E-state index contributed by atoms with van der Waals surface area (Å²) in [4.78, 5) is 24.4. The van der Waals surface area contributed by atoms with Crippen LogP contribution in [0.4, 0.5) is 17.6 Å². The Morgan fingerprint density at radius 3 is 2.91 bits per heavy atom. The zero-order valence-corrected chi connectivity index (χ0v) is 19.1. The molecule has 0 unspecified atom stereocenters. The molecular weight excluding hydrogens is 450 g/mol. The van der Waals surface area contributed by atoms with Gasteiger partial charge in [0.05, 0.1) is 25.0 Å². The maximum Gasteiger partial charge on any atom is 0.222 e. The number of ether oxygens (including phenoxy) is 2. The number of hydrogen-bond donors (Lipinski definition) is 2. The van der Waals surface area contributed by atoms with E-state index in [0.717, 1.165) is 18.5 Å². The number of hydrogen-bond acceptors (Lipinski definition) is 9. The molecule has 176 valence electrons. The van der Waals surface area contributed by atoms with Crippen molar-refractivity contribution in [3.63, 3.8) is 0 Å². The molecule has 1 aliphatic heterocycles. The lowest BCUT2D eigenvalue weighted by Gasteiger charge is -2.23. The first-order valence-electron chi connectivity index (χ1n) is 11.1. The highest BCUT2D eigenvalue weighted by Gasteiger charge is 2.50. The molecule has 1 aliphatic carbocycles. The molecule has 4 aromatic rings. The molecule has 0 aromatic carbocycles. The van der Waals surface area contributed by atoms with Crippen molar-refractivity contribution >= 4 is 34.7 Å². The van der Waals surface area contributed by atoms with Crippen LogP contribution < -0.4 is 15.4 Å². The van der Waals surface area contributed by atoms with Gasteiger partial charge in [0, 0.05) is 32.3 Å². The summed E-state index contributed by atoms with van der Waals surface area (Å²) in [5.41, 5.74) is 2.09. The summed E-state index contributed by atoms with van der Waals surface area (Å²) in [5, 5.41) is 20.5. The van der Waals surface area contributed by atoms with Gasteiger partial charge in [0.2, 0.25) is 11.9 Å². The van der Waals surface area contributed by atoms with Gasteiger partial charge in [-0.2, -0.15) is 15.3 Å². The van der Waals surface area contributed by atoms with Crippen LogP contribution in [0.1, 0.15) is 31.0 Å². The number of nitriles is 1. The van der Waals surface area contributed by atoms with Gasteiger partial charge in [-0.3, -0.25) is 9.48 Å². The van der Waals surface area contributed by atoms with E-state index in [1.807, 2.05) is 10.7 Å². The fourth-order valence-corrected chi connectivity index (χ4v) is 4.35. The lowest BCUT2D eigenvalue weighted by Crippen LogP contribution is -2.27. The summed E-state index contributed by atoms with van der Waals surface area (Å²) in [6.07, 6.45) is 4.98. The number of nitrogens with one attached hydrogen (secondary N) is 2. The normalized spacial score (nSPS) is 15.5. The molecular formula is C23H21N9O3. The molecule has 1 saturated carbocycles. The number of aryl methyl sites for hydroxylation is 1. The van der Waals surface area contributed by atoms with Gasteiger partial charge in [-0.15, -0.1) is 0 Å². The van der Waals surface area contributed by atoms with Gasteiger partial charge in [-0.05, 0) is 18.9 Å². The van der Waals surface area contributed by atoms with E-state index in [1.165, 1.54) is 19.3 Å². The smallest absolute Gasteiger partial charge is 0.222 e. The highest BCUT2D eigenvalue weighted by Crippen LogP contribution is 2.51. The standard InChI is InChI=1S/C23H21N9O3/c1-13(33)27-18-9-14(3-6-25-18)35-16-12-26-21-20(15(16)11-24)31(2)22(29-21)28-19-10-17-23(4-5-23)34-8-7-32(17)30-19/h3,6,9-10,12H,4-5,7-8H2,1-2H3,(H,25,27,33)(H,26,28,29,30). The van der Waals surface area contributed by atoms with E-state index in [4.69, 9.17) is 9.47 Å². The van der Waals surface area contributed by atoms with E-state index in [2.05, 4.69) is 36.8 Å². The molecule has 0 saturated heterocycles. The predicted octanol–water partition coefficient (Wildman–Crippen LogP) is 2.95. The van der Waals surface area contributed by atoms with Gasteiger partial charge in [-0.25, -0.2) is 9.97 Å². The second kappa shape index (κ2) is 7.78. The summed E-state index contributed by atoms with van der Waals surface area (Å²) >= 11 is 0. The van der Waals surface area contributed by atoms with Crippen LogP contribution in [-0.2, 0) is 28.7 Å². The van der Waals surface area contributed by atoms with Crippen molar-refractivity contribution in [2.45, 2.75) is 31.9 Å². The summed E-state index contributed by atoms with van der Waals surface area (Å²) in [6.45, 7) is 2.76. The Kier molecular flexibility index (Phi) is 4.68. The number of amides is 1. The van der Waals surface area contributed by atoms with Gasteiger partial charge in [0.25, 0.3) is 0 Å². The first kappa shape index (κ1) is 21.1. The third-order valence-corrected chi connectivity index (χ3v) is 6.11. The Bertz CT molecular complexity index is 1530. The van der Waals surface area contributed by atoms with Crippen molar-refractivity contribution in [1.29, 1.82) is 5.26 Å². The van der Waals surface area contributed by atoms with Crippen molar-refractivity contribution in [1.82, 2.24) is 29.3 Å². The minimum atomic E-state index is -0.247. The summed E-state index contributed by atoms with van der Waals surface area (Å²) in [5.74, 6) is 1.92. The quantitative estimate of drug-likeness (QED) is 0.449. The van der Waals surface area contributed by atoms with Crippen molar-refractivity contribution in [3.8, 4) is 17.6 Å². The van der Waals surface area contributed by atoms with Gasteiger partial charge < -0.3 is 24.7 Å². The lowest BCUT2D eigenvalue weighted by molar-refractivity contribution is -0.114. The fraction of sp³-hybridized carbons (Fsp3) is 0.304. The monoisotopic (exact) mass is 471 g/mol. The largest absolute Gasteiger partial charge is 0.454 e. The molecule has 0 bridgehead atoms. The number of fused-ring (bicyclic) bond motifs is 3. The Balaban J connectivity index is 1.32. The molecule has 1 amide bonds. The Morgan fingerprint density at radius 2 is 2.14 bits per heavy atom. The molecule has 5 heterocycles. The van der Waals surface area contributed by atoms with Crippen LogP contribution in [0.25, 0.3) is 11.2 Å². The molecule has 0 atom stereocenters. The maximum atomic E-state index is 11.3. The summed E-state index contributed by atoms with van der Waals surface area (Å²) in [7, 11) is 1.80. The van der Waals surface area contributed by atoms with Gasteiger partial charge in [0.1, 0.15) is 34.3 Å². The van der Waals surface area contributed by atoms with Crippen LogP contribution in [0.2, 0.25) is 0 Å². The number of rotatable bonds is 5. The molecule has 2 N–H and O–H groups in total. The molecule has 35 heavy (non-hydrogen) atoms. The van der Waals surface area contributed by atoms with Crippen LogP contribution in [0.5, 0.6) is 11.5 Å². The lowest BCUT2D eigenvalue weighted by atomic mass is 10.2. The number of carbonyl (C=O) groups is 1. The van der Waals surface area contributed by atoms with Gasteiger partial charge in [0.15, 0.2) is 17.2 Å². The van der Waals surface area contributed by atoms with Crippen molar-refractivity contribution in [2.24, 2.45) is 7.05 Å². The number of pyridine rings is 2. The predicted molar refractivity (Wildman–Crippen MR) is 124 cm³/mol. The average Bonchev–Trinajstić information content (AvgIpc) is 3.35. The third kappa shape index (κ3) is 3.62. The second-order valence-corrected chi connectivity index (χ2v) is 8.54.